The molecule has 5 heteroatoms. The SMILES string of the molecule is Cc1c[nH]n2c1nc1cc(C(=O)O)ccc12. The van der Waals surface area contributed by atoms with Crippen molar-refractivity contribution in [1.29, 1.82) is 0 Å². The Morgan fingerprint density at radius 1 is 1.50 bits per heavy atom. The molecule has 2 aromatic heterocycles. The van der Waals surface area contributed by atoms with E-state index in [1.807, 2.05) is 17.6 Å². The van der Waals surface area contributed by atoms with Gasteiger partial charge in [-0.2, -0.15) is 0 Å². The van der Waals surface area contributed by atoms with Gasteiger partial charge in [-0.1, -0.05) is 0 Å². The normalized spacial score (nSPS) is 11.3. The van der Waals surface area contributed by atoms with Crippen molar-refractivity contribution in [2.75, 3.05) is 0 Å². The first-order chi connectivity index (χ1) is 7.66. The number of fused-ring (bicyclic) bond motifs is 3. The number of nitrogens with zero attached hydrogens (tertiary/aromatic N) is 2. The molecule has 80 valence electrons. The zero-order chi connectivity index (χ0) is 11.3. The number of carboxylic acid groups (broad SMARTS) is 1. The van der Waals surface area contributed by atoms with Crippen molar-refractivity contribution >= 4 is 22.6 Å². The Kier molecular flexibility index (Phi) is 1.60. The lowest BCUT2D eigenvalue weighted by Gasteiger charge is -1.93. The Morgan fingerprint density at radius 2 is 2.31 bits per heavy atom. The number of aromatic amines is 1. The number of aryl methyl sites for hydroxylation is 1. The lowest BCUT2D eigenvalue weighted by molar-refractivity contribution is 0.0697. The highest BCUT2D eigenvalue weighted by Crippen LogP contribution is 2.19. The van der Waals surface area contributed by atoms with Crippen molar-refractivity contribution in [3.8, 4) is 0 Å². The second-order valence-corrected chi connectivity index (χ2v) is 3.74. The molecule has 2 N–H and O–H groups in total. The van der Waals surface area contributed by atoms with Gasteiger partial charge in [-0.25, -0.2) is 14.3 Å². The molecule has 0 atom stereocenters. The van der Waals surface area contributed by atoms with Gasteiger partial charge in [0.15, 0.2) is 5.65 Å². The number of hydrogen-bond acceptors (Lipinski definition) is 2. The van der Waals surface area contributed by atoms with Crippen LogP contribution >= 0.6 is 0 Å². The predicted octanol–water partition coefficient (Wildman–Crippen LogP) is 1.82. The summed E-state index contributed by atoms with van der Waals surface area (Å²) in [6, 6.07) is 4.92. The number of aromatic nitrogens is 3. The molecule has 2 heterocycles. The first kappa shape index (κ1) is 8.96. The zero-order valence-corrected chi connectivity index (χ0v) is 8.56. The van der Waals surface area contributed by atoms with Crippen molar-refractivity contribution in [2.24, 2.45) is 0 Å². The minimum Gasteiger partial charge on any atom is -0.478 e. The van der Waals surface area contributed by atoms with E-state index in [0.717, 1.165) is 16.7 Å². The van der Waals surface area contributed by atoms with Crippen molar-refractivity contribution in [3.05, 3.63) is 35.5 Å². The summed E-state index contributed by atoms with van der Waals surface area (Å²) in [7, 11) is 0. The summed E-state index contributed by atoms with van der Waals surface area (Å²) in [5.74, 6) is -0.935. The second-order valence-electron chi connectivity index (χ2n) is 3.74. The highest BCUT2D eigenvalue weighted by atomic mass is 16.4. The molecule has 0 amide bonds. The van der Waals surface area contributed by atoms with E-state index >= 15 is 0 Å². The molecule has 0 saturated carbocycles. The van der Waals surface area contributed by atoms with Gasteiger partial charge in [0.1, 0.15) is 0 Å². The van der Waals surface area contributed by atoms with Crippen LogP contribution in [-0.4, -0.2) is 25.7 Å². The standard InChI is InChI=1S/C11H9N3O2/c1-6-5-12-14-9-3-2-7(11(15)16)4-8(9)13-10(6)14/h2-5,12H,1H3,(H,15,16). The van der Waals surface area contributed by atoms with Crippen LogP contribution in [0.25, 0.3) is 16.7 Å². The molecule has 0 aliphatic heterocycles. The van der Waals surface area contributed by atoms with Gasteiger partial charge in [-0.3, -0.25) is 5.10 Å². The van der Waals surface area contributed by atoms with Crippen molar-refractivity contribution in [3.63, 3.8) is 0 Å². The molecule has 0 spiro atoms. The van der Waals surface area contributed by atoms with Gasteiger partial charge in [-0.15, -0.1) is 0 Å². The number of carboxylic acids is 1. The Labute approximate surface area is 90.3 Å². The molecular formula is C11H9N3O2. The Morgan fingerprint density at radius 3 is 3.06 bits per heavy atom. The van der Waals surface area contributed by atoms with Crippen molar-refractivity contribution in [1.82, 2.24) is 14.6 Å². The summed E-state index contributed by atoms with van der Waals surface area (Å²) in [5.41, 5.74) is 3.69. The summed E-state index contributed by atoms with van der Waals surface area (Å²) >= 11 is 0. The molecule has 0 aliphatic rings. The third-order valence-electron chi connectivity index (χ3n) is 2.66. The summed E-state index contributed by atoms with van der Waals surface area (Å²) in [6.07, 6.45) is 1.87. The monoisotopic (exact) mass is 215 g/mol. The van der Waals surface area contributed by atoms with Crippen molar-refractivity contribution < 1.29 is 9.90 Å². The fraction of sp³-hybridized carbons (Fsp3) is 0.0909. The summed E-state index contributed by atoms with van der Waals surface area (Å²) in [5, 5.41) is 11.9. The van der Waals surface area contributed by atoms with Crippen molar-refractivity contribution in [2.45, 2.75) is 6.92 Å². The third-order valence-corrected chi connectivity index (χ3v) is 2.66. The van der Waals surface area contributed by atoms with E-state index in [1.54, 1.807) is 18.2 Å². The van der Waals surface area contributed by atoms with E-state index in [2.05, 4.69) is 10.1 Å². The van der Waals surface area contributed by atoms with Crippen LogP contribution in [-0.2, 0) is 0 Å². The van der Waals surface area contributed by atoms with Crippen LogP contribution in [0.2, 0.25) is 0 Å². The van der Waals surface area contributed by atoms with E-state index in [4.69, 9.17) is 5.11 Å². The molecule has 1 aromatic carbocycles. The van der Waals surface area contributed by atoms with Gasteiger partial charge in [0.05, 0.1) is 16.6 Å². The number of H-pyrrole nitrogens is 1. The smallest absolute Gasteiger partial charge is 0.335 e. The summed E-state index contributed by atoms with van der Waals surface area (Å²) in [6.45, 7) is 1.95. The highest BCUT2D eigenvalue weighted by Gasteiger charge is 2.10. The molecule has 0 fully saturated rings. The minimum atomic E-state index is -0.935. The van der Waals surface area contributed by atoms with E-state index < -0.39 is 5.97 Å². The summed E-state index contributed by atoms with van der Waals surface area (Å²) in [4.78, 5) is 15.2. The van der Waals surface area contributed by atoms with Crippen LogP contribution < -0.4 is 0 Å². The molecule has 0 saturated heterocycles. The summed E-state index contributed by atoms with van der Waals surface area (Å²) < 4.78 is 1.84. The molecule has 3 rings (SSSR count). The fourth-order valence-corrected chi connectivity index (χ4v) is 1.83. The highest BCUT2D eigenvalue weighted by molar-refractivity contribution is 5.93. The predicted molar refractivity (Wildman–Crippen MR) is 58.7 cm³/mol. The lowest BCUT2D eigenvalue weighted by atomic mass is 10.2. The fourth-order valence-electron chi connectivity index (χ4n) is 1.83. The molecule has 0 bridgehead atoms. The molecular weight excluding hydrogens is 206 g/mol. The Balaban J connectivity index is 2.40. The van der Waals surface area contributed by atoms with Gasteiger partial charge in [0.2, 0.25) is 0 Å². The molecule has 5 nitrogen and oxygen atoms in total. The van der Waals surface area contributed by atoms with Crippen LogP contribution in [0, 0.1) is 6.92 Å². The van der Waals surface area contributed by atoms with E-state index in [-0.39, 0.29) is 5.56 Å². The van der Waals surface area contributed by atoms with E-state index in [1.165, 1.54) is 0 Å². The number of rotatable bonds is 1. The Hall–Kier alpha value is -2.30. The van der Waals surface area contributed by atoms with Crippen LogP contribution in [0.3, 0.4) is 0 Å². The number of hydrogen-bond donors (Lipinski definition) is 2. The Bertz CT molecular complexity index is 708. The van der Waals surface area contributed by atoms with Gasteiger partial charge in [0, 0.05) is 11.8 Å². The zero-order valence-electron chi connectivity index (χ0n) is 8.56. The maximum atomic E-state index is 10.8. The molecule has 16 heavy (non-hydrogen) atoms. The van der Waals surface area contributed by atoms with Gasteiger partial charge >= 0.3 is 5.97 Å². The van der Waals surface area contributed by atoms with Crippen LogP contribution in [0.1, 0.15) is 15.9 Å². The van der Waals surface area contributed by atoms with Crippen LogP contribution in [0.4, 0.5) is 0 Å². The topological polar surface area (TPSA) is 70.4 Å². The van der Waals surface area contributed by atoms with Gasteiger partial charge in [0.25, 0.3) is 0 Å². The quantitative estimate of drug-likeness (QED) is 0.650. The first-order valence-corrected chi connectivity index (χ1v) is 4.86. The van der Waals surface area contributed by atoms with Gasteiger partial charge in [-0.05, 0) is 25.1 Å². The minimum absolute atomic E-state index is 0.255. The number of aromatic carboxylic acids is 1. The molecule has 0 radical (unpaired) electrons. The molecule has 0 aliphatic carbocycles. The maximum absolute atomic E-state index is 10.8. The number of carbonyl (C=O) groups is 1. The largest absolute Gasteiger partial charge is 0.478 e. The van der Waals surface area contributed by atoms with Crippen LogP contribution in [0.15, 0.2) is 24.4 Å². The van der Waals surface area contributed by atoms with E-state index in [9.17, 15) is 4.79 Å². The number of imidazole rings is 1. The average Bonchev–Trinajstić information content (AvgIpc) is 2.78. The molecule has 0 unspecified atom stereocenters. The number of nitrogens with one attached hydrogen (secondary N) is 1. The van der Waals surface area contributed by atoms with E-state index in [0.29, 0.717) is 5.52 Å². The molecule has 3 aromatic rings. The van der Waals surface area contributed by atoms with Crippen LogP contribution in [0.5, 0.6) is 0 Å². The third kappa shape index (κ3) is 1.05. The first-order valence-electron chi connectivity index (χ1n) is 4.86. The second kappa shape index (κ2) is 2.85. The number of benzene rings is 1. The average molecular weight is 215 g/mol. The maximum Gasteiger partial charge on any atom is 0.335 e. The van der Waals surface area contributed by atoms with Gasteiger partial charge < -0.3 is 5.11 Å². The lowest BCUT2D eigenvalue weighted by Crippen LogP contribution is -1.95.